The number of amides is 1. The van der Waals surface area contributed by atoms with Gasteiger partial charge in [-0.05, 0) is 44.5 Å². The molecule has 3 N–H and O–H groups in total. The van der Waals surface area contributed by atoms with Crippen molar-refractivity contribution >= 4 is 15.9 Å². The number of sulfonamides is 1. The third-order valence-corrected chi connectivity index (χ3v) is 6.24. The number of hydroxylamine groups is 1. The van der Waals surface area contributed by atoms with Crippen molar-refractivity contribution in [2.75, 3.05) is 13.1 Å². The van der Waals surface area contributed by atoms with Crippen molar-refractivity contribution in [3.05, 3.63) is 24.3 Å². The van der Waals surface area contributed by atoms with E-state index in [0.717, 1.165) is 4.31 Å². The van der Waals surface area contributed by atoms with Gasteiger partial charge in [0.2, 0.25) is 10.0 Å². The number of ether oxygens (including phenoxy) is 1. The Balaban J connectivity index is 2.27. The summed E-state index contributed by atoms with van der Waals surface area (Å²) in [4.78, 5) is 12.0. The molecule has 9 heteroatoms. The molecule has 0 aliphatic carbocycles. The van der Waals surface area contributed by atoms with Crippen LogP contribution in [-0.2, 0) is 14.8 Å². The standard InChI is InChI=1S/C18H25N3O5S/c1-4-6-14(5-2)26-15-7-9-16(10-8-15)27(24,25)21-12-11-19-13(3)17(21)18(22)20-23/h7-10,13-14,17,19,23H,5,11-12H2,1-3H3,(H,20,22). The van der Waals surface area contributed by atoms with Crippen molar-refractivity contribution in [3.8, 4) is 17.6 Å². The first-order chi connectivity index (χ1) is 12.8. The number of nitrogens with one attached hydrogen (secondary N) is 2. The van der Waals surface area contributed by atoms with E-state index in [1.54, 1.807) is 31.5 Å². The van der Waals surface area contributed by atoms with Crippen LogP contribution < -0.4 is 15.5 Å². The number of nitrogens with zero attached hydrogens (tertiary/aromatic N) is 1. The fraction of sp³-hybridized carbons (Fsp3) is 0.500. The Morgan fingerprint density at radius 2 is 2.11 bits per heavy atom. The minimum absolute atomic E-state index is 0.0503. The highest BCUT2D eigenvalue weighted by Gasteiger charge is 2.41. The van der Waals surface area contributed by atoms with Gasteiger partial charge in [0.25, 0.3) is 5.91 Å². The molecule has 1 fully saturated rings. The number of benzene rings is 1. The van der Waals surface area contributed by atoms with Crippen LogP contribution in [0.25, 0.3) is 0 Å². The molecule has 1 aromatic carbocycles. The van der Waals surface area contributed by atoms with E-state index in [4.69, 9.17) is 9.94 Å². The Labute approximate surface area is 159 Å². The van der Waals surface area contributed by atoms with Crippen LogP contribution in [0.4, 0.5) is 0 Å². The van der Waals surface area contributed by atoms with E-state index in [1.165, 1.54) is 12.1 Å². The number of hydrogen-bond donors (Lipinski definition) is 3. The summed E-state index contributed by atoms with van der Waals surface area (Å²) in [5.41, 5.74) is 1.55. The van der Waals surface area contributed by atoms with E-state index >= 15 is 0 Å². The molecule has 1 amide bonds. The predicted octanol–water partition coefficient (Wildman–Crippen LogP) is 0.724. The topological polar surface area (TPSA) is 108 Å². The van der Waals surface area contributed by atoms with Crippen molar-refractivity contribution in [1.82, 2.24) is 15.1 Å². The van der Waals surface area contributed by atoms with E-state index < -0.39 is 28.0 Å². The number of carbonyl (C=O) groups is 1. The van der Waals surface area contributed by atoms with E-state index in [1.807, 2.05) is 6.92 Å². The van der Waals surface area contributed by atoms with Gasteiger partial charge in [0.05, 0.1) is 4.90 Å². The van der Waals surface area contributed by atoms with Gasteiger partial charge in [-0.1, -0.05) is 12.8 Å². The summed E-state index contributed by atoms with van der Waals surface area (Å²) in [6.45, 7) is 5.90. The number of carbonyl (C=O) groups excluding carboxylic acids is 1. The lowest BCUT2D eigenvalue weighted by atomic mass is 10.1. The lowest BCUT2D eigenvalue weighted by Gasteiger charge is -2.37. The maximum atomic E-state index is 13.0. The summed E-state index contributed by atoms with van der Waals surface area (Å²) in [7, 11) is -3.92. The Kier molecular flexibility index (Phi) is 7.21. The van der Waals surface area contributed by atoms with Crippen LogP contribution >= 0.6 is 0 Å². The first kappa shape index (κ1) is 21.2. The van der Waals surface area contributed by atoms with Gasteiger partial charge in [-0.25, -0.2) is 13.9 Å². The molecule has 1 saturated heterocycles. The second-order valence-corrected chi connectivity index (χ2v) is 8.05. The fourth-order valence-corrected chi connectivity index (χ4v) is 4.62. The molecule has 27 heavy (non-hydrogen) atoms. The molecule has 148 valence electrons. The van der Waals surface area contributed by atoms with E-state index in [0.29, 0.717) is 18.7 Å². The molecule has 2 rings (SSSR count). The number of rotatable bonds is 6. The van der Waals surface area contributed by atoms with Crippen molar-refractivity contribution in [2.45, 2.75) is 50.3 Å². The molecule has 8 nitrogen and oxygen atoms in total. The Bertz CT molecular complexity index is 814. The summed E-state index contributed by atoms with van der Waals surface area (Å²) in [5.74, 6) is 5.47. The summed E-state index contributed by atoms with van der Waals surface area (Å²) in [5, 5.41) is 12.0. The normalized spacial score (nSPS) is 21.6. The highest BCUT2D eigenvalue weighted by molar-refractivity contribution is 7.89. The largest absolute Gasteiger partial charge is 0.478 e. The summed E-state index contributed by atoms with van der Waals surface area (Å²) < 4.78 is 32.9. The van der Waals surface area contributed by atoms with E-state index in [2.05, 4.69) is 17.2 Å². The van der Waals surface area contributed by atoms with Gasteiger partial charge < -0.3 is 10.1 Å². The first-order valence-corrected chi connectivity index (χ1v) is 10.2. The quantitative estimate of drug-likeness (QED) is 0.372. The second-order valence-electron chi connectivity index (χ2n) is 6.16. The molecule has 1 aliphatic rings. The molecule has 1 aromatic rings. The third kappa shape index (κ3) is 4.78. The van der Waals surface area contributed by atoms with Crippen molar-refractivity contribution in [3.63, 3.8) is 0 Å². The van der Waals surface area contributed by atoms with Gasteiger partial charge in [-0.3, -0.25) is 10.0 Å². The second kappa shape index (κ2) is 9.19. The molecule has 0 radical (unpaired) electrons. The summed E-state index contributed by atoms with van der Waals surface area (Å²) >= 11 is 0. The molecule has 3 atom stereocenters. The first-order valence-electron chi connectivity index (χ1n) is 8.73. The number of hydrogen-bond acceptors (Lipinski definition) is 6. The average Bonchev–Trinajstić information content (AvgIpc) is 2.67. The van der Waals surface area contributed by atoms with Crippen LogP contribution in [0.1, 0.15) is 27.2 Å². The highest BCUT2D eigenvalue weighted by Crippen LogP contribution is 2.24. The zero-order valence-electron chi connectivity index (χ0n) is 15.6. The molecular formula is C18H25N3O5S. The Hall–Kier alpha value is -2.12. The summed E-state index contributed by atoms with van der Waals surface area (Å²) in [6, 6.07) is 4.53. The molecule has 0 aromatic heterocycles. The smallest absolute Gasteiger partial charge is 0.263 e. The lowest BCUT2D eigenvalue weighted by Crippen LogP contribution is -2.63. The van der Waals surface area contributed by atoms with Crippen molar-refractivity contribution in [2.24, 2.45) is 0 Å². The molecule has 1 heterocycles. The van der Waals surface area contributed by atoms with Crippen LogP contribution in [0, 0.1) is 11.8 Å². The number of piperazine rings is 1. The van der Waals surface area contributed by atoms with Crippen molar-refractivity contribution in [1.29, 1.82) is 0 Å². The van der Waals surface area contributed by atoms with Crippen LogP contribution in [0.5, 0.6) is 5.75 Å². The maximum absolute atomic E-state index is 13.0. The molecule has 1 aliphatic heterocycles. The van der Waals surface area contributed by atoms with Crippen LogP contribution in [0.15, 0.2) is 29.2 Å². The van der Waals surface area contributed by atoms with Gasteiger partial charge in [0, 0.05) is 19.1 Å². The molecule has 0 spiro atoms. The van der Waals surface area contributed by atoms with E-state index in [-0.39, 0.29) is 17.5 Å². The minimum Gasteiger partial charge on any atom is -0.478 e. The zero-order chi connectivity index (χ0) is 20.0. The van der Waals surface area contributed by atoms with Crippen LogP contribution in [-0.4, -0.2) is 55.1 Å². The van der Waals surface area contributed by atoms with Crippen LogP contribution in [0.3, 0.4) is 0 Å². The summed E-state index contributed by atoms with van der Waals surface area (Å²) in [6.07, 6.45) is 0.446. The Morgan fingerprint density at radius 1 is 1.44 bits per heavy atom. The molecular weight excluding hydrogens is 370 g/mol. The van der Waals surface area contributed by atoms with Crippen LogP contribution in [0.2, 0.25) is 0 Å². The monoisotopic (exact) mass is 395 g/mol. The van der Waals surface area contributed by atoms with Gasteiger partial charge in [0.15, 0.2) is 6.10 Å². The van der Waals surface area contributed by atoms with Gasteiger partial charge in [0.1, 0.15) is 11.8 Å². The lowest BCUT2D eigenvalue weighted by molar-refractivity contribution is -0.134. The molecule has 0 saturated carbocycles. The predicted molar refractivity (Wildman–Crippen MR) is 99.7 cm³/mol. The third-order valence-electron chi connectivity index (χ3n) is 4.35. The average molecular weight is 395 g/mol. The molecule has 0 bridgehead atoms. The van der Waals surface area contributed by atoms with Gasteiger partial charge in [-0.2, -0.15) is 4.31 Å². The van der Waals surface area contributed by atoms with E-state index in [9.17, 15) is 13.2 Å². The minimum atomic E-state index is -3.92. The van der Waals surface area contributed by atoms with Gasteiger partial charge in [-0.15, -0.1) is 5.92 Å². The SMILES string of the molecule is CC#CC(CC)Oc1ccc(S(=O)(=O)N2CCNC(C)C2C(=O)NO)cc1. The molecule has 3 unspecified atom stereocenters. The van der Waals surface area contributed by atoms with Gasteiger partial charge >= 0.3 is 0 Å². The Morgan fingerprint density at radius 3 is 2.67 bits per heavy atom. The fourth-order valence-electron chi connectivity index (χ4n) is 2.96. The zero-order valence-corrected chi connectivity index (χ0v) is 16.4. The maximum Gasteiger partial charge on any atom is 0.263 e. The van der Waals surface area contributed by atoms with Crippen molar-refractivity contribution < 1.29 is 23.2 Å². The highest BCUT2D eigenvalue weighted by atomic mass is 32.2.